The third-order valence-corrected chi connectivity index (χ3v) is 5.97. The van der Waals surface area contributed by atoms with Crippen LogP contribution in [0.15, 0.2) is 45.1 Å². The van der Waals surface area contributed by atoms with Crippen LogP contribution >= 0.6 is 51.2 Å². The summed E-state index contributed by atoms with van der Waals surface area (Å²) in [5.74, 6) is -1.21. The fraction of sp³-hybridized carbons (Fsp3) is 0. The standard InChI is InChI=1S/C15H8BrNO3S3/c16-9-5-11(22-7-9)6-12-13(18)17(15(21)23-12)10-3-1-8(2-4-10)14(19)20/h1-7H,(H,19,20)/b12-6+. The summed E-state index contributed by atoms with van der Waals surface area (Å²) < 4.78 is 1.40. The summed E-state index contributed by atoms with van der Waals surface area (Å²) in [7, 11) is 0. The van der Waals surface area contributed by atoms with Gasteiger partial charge in [0.1, 0.15) is 0 Å². The molecule has 1 aromatic carbocycles. The molecule has 8 heteroatoms. The Morgan fingerprint density at radius 2 is 2.00 bits per heavy atom. The van der Waals surface area contributed by atoms with Gasteiger partial charge in [-0.2, -0.15) is 0 Å². The lowest BCUT2D eigenvalue weighted by Crippen LogP contribution is -2.27. The summed E-state index contributed by atoms with van der Waals surface area (Å²) in [6, 6.07) is 8.00. The fourth-order valence-electron chi connectivity index (χ4n) is 1.98. The zero-order chi connectivity index (χ0) is 16.6. The average molecular weight is 426 g/mol. The minimum atomic E-state index is -1.01. The van der Waals surface area contributed by atoms with Gasteiger partial charge in [-0.1, -0.05) is 24.0 Å². The number of carboxylic acid groups (broad SMARTS) is 1. The molecule has 1 saturated heterocycles. The van der Waals surface area contributed by atoms with Gasteiger partial charge in [0.05, 0.1) is 16.2 Å². The number of amides is 1. The van der Waals surface area contributed by atoms with Gasteiger partial charge in [-0.15, -0.1) is 11.3 Å². The first kappa shape index (κ1) is 16.4. The number of carboxylic acids is 1. The van der Waals surface area contributed by atoms with Gasteiger partial charge in [-0.05, 0) is 52.3 Å². The number of anilines is 1. The van der Waals surface area contributed by atoms with Crippen LogP contribution in [0.3, 0.4) is 0 Å². The molecule has 1 amide bonds. The predicted molar refractivity (Wildman–Crippen MR) is 101 cm³/mol. The van der Waals surface area contributed by atoms with E-state index in [1.165, 1.54) is 40.1 Å². The first-order valence-electron chi connectivity index (χ1n) is 6.31. The van der Waals surface area contributed by atoms with Gasteiger partial charge in [0, 0.05) is 14.7 Å². The summed E-state index contributed by atoms with van der Waals surface area (Å²) in [5.41, 5.74) is 0.728. The second-order valence-electron chi connectivity index (χ2n) is 4.54. The van der Waals surface area contributed by atoms with Crippen LogP contribution in [0.1, 0.15) is 15.2 Å². The first-order chi connectivity index (χ1) is 11.0. The van der Waals surface area contributed by atoms with Gasteiger partial charge in [-0.3, -0.25) is 9.69 Å². The van der Waals surface area contributed by atoms with E-state index in [1.807, 2.05) is 11.4 Å². The summed E-state index contributed by atoms with van der Waals surface area (Å²) >= 11 is 11.4. The smallest absolute Gasteiger partial charge is 0.335 e. The lowest BCUT2D eigenvalue weighted by atomic mass is 10.2. The zero-order valence-corrected chi connectivity index (χ0v) is 15.4. The van der Waals surface area contributed by atoms with Crippen LogP contribution in [0.5, 0.6) is 0 Å². The highest BCUT2D eigenvalue weighted by atomic mass is 79.9. The SMILES string of the molecule is O=C(O)c1ccc(N2C(=O)/C(=C\c3cc(Br)cs3)SC2=S)cc1. The van der Waals surface area contributed by atoms with Crippen molar-refractivity contribution >= 4 is 79.2 Å². The van der Waals surface area contributed by atoms with E-state index < -0.39 is 5.97 Å². The Morgan fingerprint density at radius 3 is 2.57 bits per heavy atom. The maximum absolute atomic E-state index is 12.6. The van der Waals surface area contributed by atoms with Crippen LogP contribution < -0.4 is 4.90 Å². The van der Waals surface area contributed by atoms with Gasteiger partial charge in [0.25, 0.3) is 5.91 Å². The quantitative estimate of drug-likeness (QED) is 0.574. The molecule has 0 atom stereocenters. The Bertz CT molecular complexity index is 842. The molecule has 0 spiro atoms. The molecule has 0 radical (unpaired) electrons. The lowest BCUT2D eigenvalue weighted by molar-refractivity contribution is -0.113. The van der Waals surface area contributed by atoms with Crippen molar-refractivity contribution in [1.82, 2.24) is 0 Å². The molecule has 4 nitrogen and oxygen atoms in total. The molecule has 1 aliphatic rings. The Hall–Kier alpha value is -1.48. The van der Waals surface area contributed by atoms with Crippen LogP contribution in [0, 0.1) is 0 Å². The molecular weight excluding hydrogens is 418 g/mol. The van der Waals surface area contributed by atoms with Crippen molar-refractivity contribution < 1.29 is 14.7 Å². The summed E-state index contributed by atoms with van der Waals surface area (Å²) in [5, 5.41) is 10.9. The highest BCUT2D eigenvalue weighted by Crippen LogP contribution is 2.37. The van der Waals surface area contributed by atoms with Crippen molar-refractivity contribution in [3.8, 4) is 0 Å². The van der Waals surface area contributed by atoms with Crippen LogP contribution in [0.4, 0.5) is 5.69 Å². The van der Waals surface area contributed by atoms with E-state index in [0.717, 1.165) is 9.35 Å². The van der Waals surface area contributed by atoms with Crippen molar-refractivity contribution in [2.45, 2.75) is 0 Å². The maximum Gasteiger partial charge on any atom is 0.335 e. The monoisotopic (exact) mass is 425 g/mol. The summed E-state index contributed by atoms with van der Waals surface area (Å²) in [6.07, 6.45) is 1.81. The van der Waals surface area contributed by atoms with E-state index in [0.29, 0.717) is 14.9 Å². The number of halogens is 1. The fourth-order valence-corrected chi connectivity index (χ4v) is 4.72. The van der Waals surface area contributed by atoms with E-state index in [4.69, 9.17) is 17.3 Å². The highest BCUT2D eigenvalue weighted by Gasteiger charge is 2.33. The van der Waals surface area contributed by atoms with Crippen molar-refractivity contribution in [2.24, 2.45) is 0 Å². The molecule has 1 N–H and O–H groups in total. The van der Waals surface area contributed by atoms with E-state index >= 15 is 0 Å². The minimum Gasteiger partial charge on any atom is -0.478 e. The van der Waals surface area contributed by atoms with Gasteiger partial charge in [-0.25, -0.2) is 4.79 Å². The number of aromatic carboxylic acids is 1. The number of thiophene rings is 1. The van der Waals surface area contributed by atoms with Gasteiger partial charge in [0.2, 0.25) is 0 Å². The molecule has 0 bridgehead atoms. The number of carbonyl (C=O) groups is 2. The number of thioether (sulfide) groups is 1. The summed E-state index contributed by atoms with van der Waals surface area (Å²) in [4.78, 5) is 26.4. The molecule has 1 aromatic heterocycles. The van der Waals surface area contributed by atoms with E-state index in [1.54, 1.807) is 18.2 Å². The molecule has 2 heterocycles. The van der Waals surface area contributed by atoms with Crippen LogP contribution in [0.25, 0.3) is 6.08 Å². The van der Waals surface area contributed by atoms with E-state index in [9.17, 15) is 9.59 Å². The highest BCUT2D eigenvalue weighted by molar-refractivity contribution is 9.10. The molecule has 0 saturated carbocycles. The van der Waals surface area contributed by atoms with Crippen molar-refractivity contribution in [1.29, 1.82) is 0 Å². The average Bonchev–Trinajstić information content (AvgIpc) is 3.03. The first-order valence-corrected chi connectivity index (χ1v) is 9.21. The molecule has 0 unspecified atom stereocenters. The number of hydrogen-bond acceptors (Lipinski definition) is 5. The number of hydrogen-bond donors (Lipinski definition) is 1. The maximum atomic E-state index is 12.6. The second-order valence-corrected chi connectivity index (χ2v) is 8.07. The molecule has 23 heavy (non-hydrogen) atoms. The number of carbonyl (C=O) groups excluding carboxylic acids is 1. The molecule has 3 rings (SSSR count). The normalized spacial score (nSPS) is 16.4. The third-order valence-electron chi connectivity index (χ3n) is 3.03. The van der Waals surface area contributed by atoms with Crippen molar-refractivity contribution in [2.75, 3.05) is 4.90 Å². The molecule has 116 valence electrons. The molecule has 2 aromatic rings. The van der Waals surface area contributed by atoms with Gasteiger partial charge >= 0.3 is 5.97 Å². The minimum absolute atomic E-state index is 0.165. The van der Waals surface area contributed by atoms with Gasteiger partial charge in [0.15, 0.2) is 4.32 Å². The van der Waals surface area contributed by atoms with Crippen LogP contribution in [0.2, 0.25) is 0 Å². The Labute approximate surface area is 153 Å². The number of nitrogens with zero attached hydrogens (tertiary/aromatic N) is 1. The number of benzene rings is 1. The topological polar surface area (TPSA) is 57.6 Å². The number of rotatable bonds is 3. The van der Waals surface area contributed by atoms with Crippen molar-refractivity contribution in [3.63, 3.8) is 0 Å². The van der Waals surface area contributed by atoms with Crippen molar-refractivity contribution in [3.05, 3.63) is 55.5 Å². The Balaban J connectivity index is 1.89. The molecule has 0 aliphatic carbocycles. The third kappa shape index (κ3) is 3.40. The Morgan fingerprint density at radius 1 is 1.30 bits per heavy atom. The van der Waals surface area contributed by atoms with E-state index in [2.05, 4.69) is 15.9 Å². The molecular formula is C15H8BrNO3S3. The predicted octanol–water partition coefficient (Wildman–Crippen LogP) is 4.61. The van der Waals surface area contributed by atoms with Crippen LogP contribution in [-0.4, -0.2) is 21.3 Å². The van der Waals surface area contributed by atoms with Gasteiger partial charge < -0.3 is 5.11 Å². The zero-order valence-electron chi connectivity index (χ0n) is 11.4. The largest absolute Gasteiger partial charge is 0.478 e. The van der Waals surface area contributed by atoms with Crippen LogP contribution in [-0.2, 0) is 4.79 Å². The number of thiocarbonyl (C=S) groups is 1. The van der Waals surface area contributed by atoms with E-state index in [-0.39, 0.29) is 11.5 Å². The molecule has 1 fully saturated rings. The second kappa shape index (κ2) is 6.56. The Kier molecular flexibility index (Phi) is 4.67. The molecule has 1 aliphatic heterocycles. The summed E-state index contributed by atoms with van der Waals surface area (Å²) in [6.45, 7) is 0. The lowest BCUT2D eigenvalue weighted by Gasteiger charge is -2.14.